The number of aliphatic imine (C=N–C) groups is 1. The number of amides is 3. The van der Waals surface area contributed by atoms with Gasteiger partial charge < -0.3 is 11.1 Å². The van der Waals surface area contributed by atoms with E-state index in [1.165, 1.54) is 0 Å². The molecule has 0 saturated heterocycles. The number of hydrogen-bond donors (Lipinski definition) is 2. The number of thioether (sulfide) groups is 1. The molecule has 0 atom stereocenters. The predicted octanol–water partition coefficient (Wildman–Crippen LogP) is -1.39. The lowest BCUT2D eigenvalue weighted by molar-refractivity contribution is -0.127. The molecule has 0 aromatic carbocycles. The summed E-state index contributed by atoms with van der Waals surface area (Å²) in [7, 11) is 0. The Morgan fingerprint density at radius 2 is 2.31 bits per heavy atom. The van der Waals surface area contributed by atoms with Crippen LogP contribution in [0.25, 0.3) is 0 Å². The van der Waals surface area contributed by atoms with Crippen molar-refractivity contribution >= 4 is 34.7 Å². The summed E-state index contributed by atoms with van der Waals surface area (Å²) in [6, 6.07) is 0. The maximum atomic E-state index is 10.8. The zero-order valence-corrected chi connectivity index (χ0v) is 7.39. The average molecular weight is 201 g/mol. The number of rotatable bonds is 2. The van der Waals surface area contributed by atoms with Crippen LogP contribution in [0.5, 0.6) is 0 Å². The molecule has 70 valence electrons. The fraction of sp³-hybridized carbons (Fsp3) is 0.333. The van der Waals surface area contributed by atoms with Crippen LogP contribution in [-0.2, 0) is 14.4 Å². The zero-order valence-electron chi connectivity index (χ0n) is 6.57. The Kier molecular flexibility index (Phi) is 3.02. The predicted molar refractivity (Wildman–Crippen MR) is 46.9 cm³/mol. The van der Waals surface area contributed by atoms with Crippen molar-refractivity contribution in [1.82, 2.24) is 5.32 Å². The quantitative estimate of drug-likeness (QED) is 0.537. The second-order valence-electron chi connectivity index (χ2n) is 2.29. The molecule has 0 radical (unpaired) electrons. The van der Waals surface area contributed by atoms with Crippen LogP contribution in [0.3, 0.4) is 0 Å². The Bertz CT molecular complexity index is 299. The van der Waals surface area contributed by atoms with Crippen LogP contribution in [0, 0.1) is 0 Å². The average Bonchev–Trinajstić information content (AvgIpc) is 1.99. The first kappa shape index (κ1) is 9.72. The fourth-order valence-corrected chi connectivity index (χ4v) is 1.32. The summed E-state index contributed by atoms with van der Waals surface area (Å²) in [4.78, 5) is 35.4. The molecule has 3 N–H and O–H groups in total. The molecular formula is C6H7N3O3S. The van der Waals surface area contributed by atoms with Gasteiger partial charge in [0.25, 0.3) is 5.91 Å². The van der Waals surface area contributed by atoms with Crippen molar-refractivity contribution in [1.29, 1.82) is 0 Å². The lowest BCUT2D eigenvalue weighted by Crippen LogP contribution is -2.35. The Morgan fingerprint density at radius 3 is 2.85 bits per heavy atom. The van der Waals surface area contributed by atoms with Crippen molar-refractivity contribution in [2.75, 3.05) is 5.75 Å². The number of primary amides is 1. The summed E-state index contributed by atoms with van der Waals surface area (Å²) in [5.41, 5.74) is 4.87. The Morgan fingerprint density at radius 1 is 1.62 bits per heavy atom. The van der Waals surface area contributed by atoms with E-state index in [-0.39, 0.29) is 17.3 Å². The molecule has 0 saturated carbocycles. The van der Waals surface area contributed by atoms with E-state index in [0.29, 0.717) is 0 Å². The van der Waals surface area contributed by atoms with Gasteiger partial charge in [0.1, 0.15) is 6.42 Å². The molecule has 7 heteroatoms. The van der Waals surface area contributed by atoms with Crippen LogP contribution in [0.1, 0.15) is 6.42 Å². The van der Waals surface area contributed by atoms with Gasteiger partial charge in [-0.1, -0.05) is 11.8 Å². The van der Waals surface area contributed by atoms with Crippen molar-refractivity contribution in [3.63, 3.8) is 0 Å². The van der Waals surface area contributed by atoms with E-state index in [9.17, 15) is 14.4 Å². The first-order chi connectivity index (χ1) is 6.08. The van der Waals surface area contributed by atoms with Crippen molar-refractivity contribution in [3.05, 3.63) is 0 Å². The number of carbonyl (C=O) groups is 3. The standard InChI is InChI=1S/C6H7N3O3S/c7-3(10)2-13-6-8-4(11)1-5(12)9-6/h1-2H2,(H2,7,10)(H,8,9,11,12). The van der Waals surface area contributed by atoms with E-state index in [2.05, 4.69) is 10.3 Å². The lowest BCUT2D eigenvalue weighted by atomic mass is 10.4. The fourth-order valence-electron chi connectivity index (χ4n) is 0.689. The van der Waals surface area contributed by atoms with Crippen molar-refractivity contribution in [3.8, 4) is 0 Å². The van der Waals surface area contributed by atoms with Gasteiger partial charge in [0.2, 0.25) is 11.8 Å². The number of nitrogens with two attached hydrogens (primary N) is 1. The molecule has 0 bridgehead atoms. The van der Waals surface area contributed by atoms with Gasteiger partial charge in [-0.25, -0.2) is 0 Å². The Hall–Kier alpha value is -1.37. The van der Waals surface area contributed by atoms with Gasteiger partial charge in [0.05, 0.1) is 5.75 Å². The van der Waals surface area contributed by atoms with E-state index < -0.39 is 17.7 Å². The number of hydrogen-bond acceptors (Lipinski definition) is 4. The monoisotopic (exact) mass is 201 g/mol. The van der Waals surface area contributed by atoms with Gasteiger partial charge in [-0.05, 0) is 0 Å². The normalized spacial score (nSPS) is 16.5. The van der Waals surface area contributed by atoms with Crippen LogP contribution >= 0.6 is 11.8 Å². The van der Waals surface area contributed by atoms with Gasteiger partial charge in [0, 0.05) is 0 Å². The second kappa shape index (κ2) is 4.04. The van der Waals surface area contributed by atoms with Crippen molar-refractivity contribution in [2.24, 2.45) is 10.7 Å². The maximum Gasteiger partial charge on any atom is 0.257 e. The minimum atomic E-state index is -0.528. The van der Waals surface area contributed by atoms with E-state index in [4.69, 9.17) is 5.73 Å². The van der Waals surface area contributed by atoms with Crippen molar-refractivity contribution < 1.29 is 14.4 Å². The summed E-state index contributed by atoms with van der Waals surface area (Å²) in [6.07, 6.45) is -0.235. The molecule has 0 aliphatic carbocycles. The molecule has 1 rings (SSSR count). The molecule has 1 aliphatic rings. The van der Waals surface area contributed by atoms with Crippen LogP contribution in [0.2, 0.25) is 0 Å². The Labute approximate surface area is 78.0 Å². The topological polar surface area (TPSA) is 102 Å². The minimum Gasteiger partial charge on any atom is -0.369 e. The van der Waals surface area contributed by atoms with E-state index in [1.807, 2.05) is 0 Å². The van der Waals surface area contributed by atoms with Gasteiger partial charge in [-0.2, -0.15) is 4.99 Å². The van der Waals surface area contributed by atoms with Crippen LogP contribution in [0.4, 0.5) is 0 Å². The van der Waals surface area contributed by atoms with Crippen LogP contribution in [0.15, 0.2) is 4.99 Å². The minimum absolute atomic E-state index is 0.00755. The molecule has 0 aromatic rings. The molecule has 1 heterocycles. The largest absolute Gasteiger partial charge is 0.369 e. The van der Waals surface area contributed by atoms with E-state index >= 15 is 0 Å². The first-order valence-electron chi connectivity index (χ1n) is 3.40. The third kappa shape index (κ3) is 3.24. The number of nitrogens with zero attached hydrogens (tertiary/aromatic N) is 1. The third-order valence-corrected chi connectivity index (χ3v) is 2.03. The van der Waals surface area contributed by atoms with Gasteiger partial charge in [-0.15, -0.1) is 0 Å². The molecule has 0 aromatic heterocycles. The van der Waals surface area contributed by atoms with Gasteiger partial charge in [-0.3, -0.25) is 14.4 Å². The molecule has 3 amide bonds. The smallest absolute Gasteiger partial charge is 0.257 e. The first-order valence-corrected chi connectivity index (χ1v) is 4.39. The molecular weight excluding hydrogens is 194 g/mol. The summed E-state index contributed by atoms with van der Waals surface area (Å²) in [6.45, 7) is 0. The molecule has 1 aliphatic heterocycles. The van der Waals surface area contributed by atoms with Crippen molar-refractivity contribution in [2.45, 2.75) is 6.42 Å². The summed E-state index contributed by atoms with van der Waals surface area (Å²) >= 11 is 0.936. The number of amidine groups is 1. The molecule has 0 unspecified atom stereocenters. The summed E-state index contributed by atoms with van der Waals surface area (Å²) < 4.78 is 0. The third-order valence-electron chi connectivity index (χ3n) is 1.14. The van der Waals surface area contributed by atoms with Crippen LogP contribution in [-0.4, -0.2) is 28.6 Å². The van der Waals surface area contributed by atoms with E-state index in [0.717, 1.165) is 11.8 Å². The number of nitrogens with one attached hydrogen (secondary N) is 1. The summed E-state index contributed by atoms with van der Waals surface area (Å²) in [5, 5.41) is 2.49. The highest BCUT2D eigenvalue weighted by Gasteiger charge is 2.18. The SMILES string of the molecule is NC(=O)CSC1=NC(=O)CC(=O)N1. The highest BCUT2D eigenvalue weighted by Crippen LogP contribution is 2.06. The van der Waals surface area contributed by atoms with E-state index in [1.54, 1.807) is 0 Å². The highest BCUT2D eigenvalue weighted by molar-refractivity contribution is 8.14. The second-order valence-corrected chi connectivity index (χ2v) is 3.25. The summed E-state index contributed by atoms with van der Waals surface area (Å²) in [5.74, 6) is -1.45. The highest BCUT2D eigenvalue weighted by atomic mass is 32.2. The molecule has 0 fully saturated rings. The maximum absolute atomic E-state index is 10.8. The van der Waals surface area contributed by atoms with Gasteiger partial charge in [0.15, 0.2) is 5.17 Å². The van der Waals surface area contributed by atoms with Crippen LogP contribution < -0.4 is 11.1 Å². The molecule has 0 spiro atoms. The lowest BCUT2D eigenvalue weighted by Gasteiger charge is -2.10. The Balaban J connectivity index is 2.54. The molecule has 6 nitrogen and oxygen atoms in total. The number of carbonyl (C=O) groups excluding carboxylic acids is 3. The zero-order chi connectivity index (χ0) is 9.84. The van der Waals surface area contributed by atoms with Gasteiger partial charge >= 0.3 is 0 Å². The molecule has 13 heavy (non-hydrogen) atoms.